The molecule has 3 heterocycles. The Bertz CT molecular complexity index is 1200. The number of anilines is 2. The summed E-state index contributed by atoms with van der Waals surface area (Å²) >= 11 is 0. The van der Waals surface area contributed by atoms with Crippen LogP contribution in [0.4, 0.5) is 11.8 Å². The number of nitrogen functional groups attached to an aromatic ring is 2. The molecule has 0 spiro atoms. The number of phosphoric ester groups is 1. The van der Waals surface area contributed by atoms with E-state index in [-0.39, 0.29) is 22.9 Å². The van der Waals surface area contributed by atoms with E-state index in [2.05, 4.69) is 28.1 Å². The second-order valence-electron chi connectivity index (χ2n) is 6.81. The quantitative estimate of drug-likeness (QED) is 0.205. The monoisotopic (exact) mass is 533 g/mol. The molecule has 0 radical (unpaired) electrons. The third-order valence-corrected chi connectivity index (χ3v) is 7.96. The minimum atomic E-state index is -6.11. The standard InChI is InChI=1S/C11H19N6O13P3/c1-11(19)6(18)4(2-27-32(23,24)30-33(25,26)29-31(20,21)22)28-9(11)17-3-14-5-7(12)15-10(13)16-8(5)17/h3-4,6,9,18-19H,2H2,1H3,(H,23,24)(H,25,26)(H2,20,21,22)(H4,12,13,15,16)/p-3/t4-,6-,9-,11-/m1/s1. The first-order valence-corrected chi connectivity index (χ1v) is 12.9. The molecule has 22 heteroatoms. The highest BCUT2D eigenvalue weighted by Crippen LogP contribution is 2.61. The summed E-state index contributed by atoms with van der Waals surface area (Å²) < 4.78 is 50.9. The van der Waals surface area contributed by atoms with Gasteiger partial charge in [-0.2, -0.15) is 9.97 Å². The van der Waals surface area contributed by atoms with Gasteiger partial charge in [-0.25, -0.2) is 13.6 Å². The lowest BCUT2D eigenvalue weighted by Gasteiger charge is -2.33. The summed E-state index contributed by atoms with van der Waals surface area (Å²) in [6.45, 7) is 0.0245. The van der Waals surface area contributed by atoms with Crippen molar-refractivity contribution in [2.45, 2.75) is 31.0 Å². The van der Waals surface area contributed by atoms with Crippen LogP contribution >= 0.6 is 23.5 Å². The van der Waals surface area contributed by atoms with Crippen molar-refractivity contribution >= 4 is 46.4 Å². The van der Waals surface area contributed by atoms with Crippen LogP contribution < -0.4 is 26.1 Å². The van der Waals surface area contributed by atoms with Gasteiger partial charge in [0.05, 0.1) is 12.9 Å². The van der Waals surface area contributed by atoms with Gasteiger partial charge in [-0.1, -0.05) is 0 Å². The Morgan fingerprint density at radius 3 is 2.45 bits per heavy atom. The normalized spacial score (nSPS) is 31.2. The van der Waals surface area contributed by atoms with E-state index in [0.717, 1.165) is 17.8 Å². The van der Waals surface area contributed by atoms with Crippen LogP contribution in [0.5, 0.6) is 0 Å². The topological polar surface area (TPSA) is 314 Å². The highest BCUT2D eigenvalue weighted by Gasteiger charge is 2.54. The summed E-state index contributed by atoms with van der Waals surface area (Å²) in [4.78, 5) is 53.4. The lowest BCUT2D eigenvalue weighted by molar-refractivity contribution is -0.250. The first-order chi connectivity index (χ1) is 14.9. The van der Waals surface area contributed by atoms with Gasteiger partial charge in [0.1, 0.15) is 23.3 Å². The lowest BCUT2D eigenvalue weighted by Crippen LogP contribution is -2.44. The van der Waals surface area contributed by atoms with Crippen molar-refractivity contribution in [3.8, 4) is 0 Å². The number of nitrogens with zero attached hydrogens (tertiary/aromatic N) is 4. The number of phosphoric acid groups is 3. The lowest BCUT2D eigenvalue weighted by atomic mass is 9.96. The average molecular weight is 533 g/mol. The van der Waals surface area contributed by atoms with Gasteiger partial charge < -0.3 is 50.5 Å². The summed E-state index contributed by atoms with van der Waals surface area (Å²) in [5.74, 6) is -0.326. The van der Waals surface area contributed by atoms with Crippen LogP contribution in [-0.2, 0) is 31.6 Å². The molecule has 19 nitrogen and oxygen atoms in total. The number of hydrogen-bond acceptors (Lipinski definition) is 17. The van der Waals surface area contributed by atoms with Crippen LogP contribution in [-0.4, -0.2) is 59.0 Å². The molecular formula is C11H16N6O13P3-3. The highest BCUT2D eigenvalue weighted by atomic mass is 31.3. The van der Waals surface area contributed by atoms with Crippen LogP contribution in [0.1, 0.15) is 13.2 Å². The van der Waals surface area contributed by atoms with E-state index < -0.39 is 54.1 Å². The highest BCUT2D eigenvalue weighted by molar-refractivity contribution is 7.65. The molecule has 3 unspecified atom stereocenters. The summed E-state index contributed by atoms with van der Waals surface area (Å²) in [7, 11) is -17.8. The number of rotatable bonds is 8. The maximum Gasteiger partial charge on any atom is 0.280 e. The average Bonchev–Trinajstić information content (AvgIpc) is 3.10. The van der Waals surface area contributed by atoms with Crippen LogP contribution in [0.2, 0.25) is 0 Å². The molecule has 1 aliphatic rings. The summed E-state index contributed by atoms with van der Waals surface area (Å²) in [5, 5.41) is 21.1. The minimum absolute atomic E-state index is 0.00682. The van der Waals surface area contributed by atoms with E-state index in [0.29, 0.717) is 0 Å². The van der Waals surface area contributed by atoms with Crippen LogP contribution in [0, 0.1) is 0 Å². The molecule has 3 rings (SSSR count). The maximum atomic E-state index is 11.7. The number of aromatic nitrogens is 4. The summed E-state index contributed by atoms with van der Waals surface area (Å²) in [5.41, 5.74) is 9.24. The third-order valence-electron chi connectivity index (χ3n) is 4.27. The third kappa shape index (κ3) is 5.75. The van der Waals surface area contributed by atoms with Crippen molar-refractivity contribution in [1.29, 1.82) is 0 Å². The Balaban J connectivity index is 1.77. The molecular weight excluding hydrogens is 517 g/mol. The molecule has 0 amide bonds. The zero-order valence-electron chi connectivity index (χ0n) is 16.2. The van der Waals surface area contributed by atoms with Gasteiger partial charge in [-0.05, 0) is 6.92 Å². The number of fused-ring (bicyclic) bond motifs is 1. The van der Waals surface area contributed by atoms with E-state index in [4.69, 9.17) is 21.1 Å². The van der Waals surface area contributed by atoms with Crippen molar-refractivity contribution in [3.05, 3.63) is 6.33 Å². The van der Waals surface area contributed by atoms with Gasteiger partial charge in [0.15, 0.2) is 17.7 Å². The van der Waals surface area contributed by atoms with E-state index in [1.807, 2.05) is 0 Å². The fourth-order valence-corrected chi connectivity index (χ4v) is 5.85. The van der Waals surface area contributed by atoms with E-state index in [9.17, 15) is 38.6 Å². The molecule has 186 valence electrons. The van der Waals surface area contributed by atoms with Crippen LogP contribution in [0.25, 0.3) is 11.2 Å². The Kier molecular flexibility index (Phi) is 6.78. The molecule has 0 bridgehead atoms. The Morgan fingerprint density at radius 1 is 1.21 bits per heavy atom. The van der Waals surface area contributed by atoms with Gasteiger partial charge in [-0.15, -0.1) is 0 Å². The van der Waals surface area contributed by atoms with Gasteiger partial charge in [0, 0.05) is 0 Å². The zero-order chi connectivity index (χ0) is 25.0. The summed E-state index contributed by atoms with van der Waals surface area (Å²) in [6, 6.07) is 0. The number of aliphatic hydroxyl groups excluding tert-OH is 1. The van der Waals surface area contributed by atoms with E-state index >= 15 is 0 Å². The van der Waals surface area contributed by atoms with Crippen molar-refractivity contribution in [3.63, 3.8) is 0 Å². The molecule has 0 aliphatic carbocycles. The second kappa shape index (κ2) is 8.58. The number of imidazole rings is 1. The minimum Gasteiger partial charge on any atom is -0.756 e. The molecule has 0 aromatic carbocycles. The molecule has 1 fully saturated rings. The summed E-state index contributed by atoms with van der Waals surface area (Å²) in [6.07, 6.45) is -3.72. The smallest absolute Gasteiger partial charge is 0.280 e. The van der Waals surface area contributed by atoms with E-state index in [1.54, 1.807) is 0 Å². The zero-order valence-corrected chi connectivity index (χ0v) is 18.9. The van der Waals surface area contributed by atoms with Crippen LogP contribution in [0.3, 0.4) is 0 Å². The van der Waals surface area contributed by atoms with E-state index in [1.165, 1.54) is 0 Å². The molecule has 33 heavy (non-hydrogen) atoms. The largest absolute Gasteiger partial charge is 0.756 e. The van der Waals surface area contributed by atoms with Crippen molar-refractivity contribution < 1.29 is 61.4 Å². The van der Waals surface area contributed by atoms with Gasteiger partial charge in [0.25, 0.3) is 23.5 Å². The fraction of sp³-hybridized carbons (Fsp3) is 0.545. The SMILES string of the molecule is C[C@@]1(O)[C@H](O)[C@@H](COP(=O)([O-])OP(=O)([O-])OP(=O)([O-])O)O[C@H]1n1cnc2c(N)nc(N)nc21. The van der Waals surface area contributed by atoms with Gasteiger partial charge in [-0.3, -0.25) is 18.3 Å². The number of hydrogen-bond donors (Lipinski definition) is 5. The Morgan fingerprint density at radius 2 is 1.85 bits per heavy atom. The number of ether oxygens (including phenoxy) is 1. The molecule has 1 saturated heterocycles. The van der Waals surface area contributed by atoms with Gasteiger partial charge in [0.2, 0.25) is 5.95 Å². The molecule has 2 aromatic rings. The Labute approximate surface area is 183 Å². The van der Waals surface area contributed by atoms with Crippen LogP contribution in [0.15, 0.2) is 6.33 Å². The van der Waals surface area contributed by atoms with Crippen molar-refractivity contribution in [2.24, 2.45) is 0 Å². The number of nitrogens with two attached hydrogens (primary N) is 2. The second-order valence-corrected chi connectivity index (χ2v) is 11.1. The molecule has 1 aliphatic heterocycles. The first-order valence-electron chi connectivity index (χ1n) is 8.46. The van der Waals surface area contributed by atoms with Crippen molar-refractivity contribution in [1.82, 2.24) is 19.5 Å². The maximum absolute atomic E-state index is 11.7. The molecule has 2 aromatic heterocycles. The first kappa shape index (κ1) is 26.1. The predicted octanol–water partition coefficient (Wildman–Crippen LogP) is -3.55. The molecule has 7 atom stereocenters. The molecule has 0 saturated carbocycles. The Hall–Kier alpha value is -1.56. The fourth-order valence-electron chi connectivity index (χ4n) is 2.96. The van der Waals surface area contributed by atoms with Gasteiger partial charge >= 0.3 is 0 Å². The number of aliphatic hydroxyl groups is 2. The van der Waals surface area contributed by atoms with Crippen molar-refractivity contribution in [2.75, 3.05) is 18.1 Å². The molecule has 7 N–H and O–H groups in total. The predicted molar refractivity (Wildman–Crippen MR) is 97.8 cm³/mol.